The monoisotopic (exact) mass is 136 g/mol. The van der Waals surface area contributed by atoms with Gasteiger partial charge in [0.2, 0.25) is 15.7 Å². The SMILES string of the molecule is [3H]C(=NC([B])=O)N(C)C([B])=O. The number of hydrogen-bond donors (Lipinski definition) is 0. The molecule has 0 unspecified atom stereocenters. The molecule has 0 saturated heterocycles. The van der Waals surface area contributed by atoms with Crippen molar-refractivity contribution in [2.75, 3.05) is 7.05 Å². The predicted octanol–water partition coefficient (Wildman–Crippen LogP) is -0.476. The van der Waals surface area contributed by atoms with Crippen molar-refractivity contribution in [3.05, 3.63) is 0 Å². The second-order valence-corrected chi connectivity index (χ2v) is 1.45. The minimum absolute atomic E-state index is 0.579. The standard InChI is InChI=1S/C4H4B2N2O2/c1-8(4(6)10)2-7-3(5)9/h2H,1H3/i2T. The minimum Gasteiger partial charge on any atom is -0.316 e. The molecule has 0 spiro atoms. The van der Waals surface area contributed by atoms with Gasteiger partial charge in [-0.15, -0.1) is 0 Å². The van der Waals surface area contributed by atoms with Gasteiger partial charge in [0.15, 0.2) is 11.6 Å². The van der Waals surface area contributed by atoms with Crippen molar-refractivity contribution in [2.24, 2.45) is 4.99 Å². The molecule has 10 heavy (non-hydrogen) atoms. The van der Waals surface area contributed by atoms with Crippen LogP contribution >= 0.6 is 0 Å². The average molecular weight is 136 g/mol. The van der Waals surface area contributed by atoms with Crippen LogP contribution < -0.4 is 0 Å². The third kappa shape index (κ3) is 3.88. The molecule has 48 valence electrons. The van der Waals surface area contributed by atoms with Crippen LogP contribution in [0.15, 0.2) is 4.99 Å². The van der Waals surface area contributed by atoms with E-state index < -0.39 is 17.9 Å². The van der Waals surface area contributed by atoms with E-state index in [1.165, 1.54) is 7.05 Å². The van der Waals surface area contributed by atoms with Gasteiger partial charge in [-0.25, -0.2) is 4.99 Å². The lowest BCUT2D eigenvalue weighted by molar-refractivity contribution is 0.248. The molecule has 0 heterocycles. The molecule has 0 atom stereocenters. The molecular formula is C4H4B2N2O2. The van der Waals surface area contributed by atoms with Crippen LogP contribution in [0.3, 0.4) is 0 Å². The van der Waals surface area contributed by atoms with Gasteiger partial charge in [0.05, 0.1) is 6.31 Å². The Labute approximate surface area is 62.5 Å². The second kappa shape index (κ2) is 3.87. The van der Waals surface area contributed by atoms with E-state index in [0.29, 0.717) is 4.90 Å². The Morgan fingerprint density at radius 3 is 2.50 bits per heavy atom. The first-order valence-corrected chi connectivity index (χ1v) is 2.33. The Bertz CT molecular complexity index is 218. The highest BCUT2D eigenvalue weighted by molar-refractivity contribution is 6.59. The third-order valence-electron chi connectivity index (χ3n) is 0.641. The van der Waals surface area contributed by atoms with E-state index in [1.54, 1.807) is 0 Å². The number of rotatable bonds is 0. The molecule has 4 nitrogen and oxygen atoms in total. The quantitative estimate of drug-likeness (QED) is 0.256. The maximum Gasteiger partial charge on any atom is 0.203 e. The summed E-state index contributed by atoms with van der Waals surface area (Å²) < 4.78 is 6.91. The summed E-state index contributed by atoms with van der Waals surface area (Å²) in [7, 11) is 10.6. The molecule has 2 amide bonds. The van der Waals surface area contributed by atoms with Gasteiger partial charge in [-0.05, 0) is 0 Å². The van der Waals surface area contributed by atoms with Crippen LogP contribution in [-0.4, -0.2) is 45.6 Å². The zero-order valence-electron chi connectivity index (χ0n) is 6.37. The molecule has 6 heteroatoms. The Morgan fingerprint density at radius 1 is 1.70 bits per heavy atom. The van der Waals surface area contributed by atoms with Gasteiger partial charge in [0.25, 0.3) is 0 Å². The molecular weight excluding hydrogens is 130 g/mol. The summed E-state index contributed by atoms with van der Waals surface area (Å²) in [5.41, 5.74) is 0. The smallest absolute Gasteiger partial charge is 0.203 e. The van der Waals surface area contributed by atoms with Gasteiger partial charge in [-0.3, -0.25) is 9.59 Å². The summed E-state index contributed by atoms with van der Waals surface area (Å²) >= 11 is 0. The summed E-state index contributed by atoms with van der Waals surface area (Å²) in [6, 6.07) is 0. The molecule has 4 radical (unpaired) electrons. The van der Waals surface area contributed by atoms with Crippen molar-refractivity contribution in [2.45, 2.75) is 0 Å². The van der Waals surface area contributed by atoms with Crippen LogP contribution in [0.25, 0.3) is 0 Å². The maximum absolute atomic E-state index is 10.3. The number of aliphatic imine (C=N–C) groups is 1. The maximum atomic E-state index is 10.3. The normalized spacial score (nSPS) is 12.1. The molecule has 0 aliphatic carbocycles. The summed E-state index contributed by atoms with van der Waals surface area (Å²) in [6.45, 7) is 0. The largest absolute Gasteiger partial charge is 0.316 e. The highest BCUT2D eigenvalue weighted by Crippen LogP contribution is 1.77. The van der Waals surface area contributed by atoms with Crippen LogP contribution in [0.2, 0.25) is 0 Å². The third-order valence-corrected chi connectivity index (χ3v) is 0.641. The lowest BCUT2D eigenvalue weighted by Gasteiger charge is -2.05. The lowest BCUT2D eigenvalue weighted by Crippen LogP contribution is -2.23. The second-order valence-electron chi connectivity index (χ2n) is 1.45. The Kier molecular flexibility index (Phi) is 2.73. The summed E-state index contributed by atoms with van der Waals surface area (Å²) in [6.07, 6.45) is -0.579. The summed E-state index contributed by atoms with van der Waals surface area (Å²) in [5.74, 6) is -1.91. The molecule has 0 aliphatic rings. The van der Waals surface area contributed by atoms with E-state index in [9.17, 15) is 9.59 Å². The van der Waals surface area contributed by atoms with Crippen molar-refractivity contribution < 1.29 is 11.0 Å². The minimum atomic E-state index is -1.04. The van der Waals surface area contributed by atoms with Gasteiger partial charge < -0.3 is 4.90 Å². The van der Waals surface area contributed by atoms with Crippen molar-refractivity contribution >= 4 is 33.6 Å². The Hall–Kier alpha value is -1.06. The van der Waals surface area contributed by atoms with Gasteiger partial charge in [-0.2, -0.15) is 0 Å². The van der Waals surface area contributed by atoms with Crippen molar-refractivity contribution in [3.8, 4) is 0 Å². The number of carbonyl (C=O) groups is 2. The van der Waals surface area contributed by atoms with Gasteiger partial charge in [-0.1, -0.05) is 0 Å². The van der Waals surface area contributed by atoms with Crippen LogP contribution in [0.4, 0.5) is 9.59 Å². The molecule has 0 rings (SSSR count). The van der Waals surface area contributed by atoms with Crippen molar-refractivity contribution in [1.82, 2.24) is 4.90 Å². The zero-order valence-corrected chi connectivity index (χ0v) is 5.37. The van der Waals surface area contributed by atoms with E-state index >= 15 is 0 Å². The predicted molar refractivity (Wildman–Crippen MR) is 38.6 cm³/mol. The van der Waals surface area contributed by atoms with Crippen LogP contribution in [0.5, 0.6) is 0 Å². The van der Waals surface area contributed by atoms with E-state index in [0.717, 1.165) is 0 Å². The highest BCUT2D eigenvalue weighted by Gasteiger charge is 1.95. The summed E-state index contributed by atoms with van der Waals surface area (Å²) in [5, 5.41) is 0. The van der Waals surface area contributed by atoms with Crippen molar-refractivity contribution in [3.63, 3.8) is 0 Å². The van der Waals surface area contributed by atoms with Crippen LogP contribution in [0.1, 0.15) is 1.37 Å². The number of amides is 2. The topological polar surface area (TPSA) is 49.7 Å². The fraction of sp³-hybridized carbons (Fsp3) is 0.250. The number of hydrogen-bond acceptors (Lipinski definition) is 2. The molecule has 0 aromatic rings. The van der Waals surface area contributed by atoms with E-state index in [2.05, 4.69) is 12.8 Å². The van der Waals surface area contributed by atoms with Crippen LogP contribution in [-0.2, 0) is 0 Å². The molecule has 0 aliphatic heterocycles. The van der Waals surface area contributed by atoms with Crippen molar-refractivity contribution in [1.29, 1.82) is 0 Å². The van der Waals surface area contributed by atoms with Gasteiger partial charge in [0, 0.05) is 7.05 Å². The fourth-order valence-electron chi connectivity index (χ4n) is 0.174. The zero-order chi connectivity index (χ0) is 9.02. The Balaban J connectivity index is 4.35. The summed E-state index contributed by atoms with van der Waals surface area (Å²) in [4.78, 5) is 24.0. The molecule has 0 saturated carbocycles. The number of amidine groups is 1. The van der Waals surface area contributed by atoms with Gasteiger partial charge >= 0.3 is 0 Å². The molecule has 0 bridgehead atoms. The Morgan fingerprint density at radius 2 is 2.20 bits per heavy atom. The van der Waals surface area contributed by atoms with Gasteiger partial charge in [0.1, 0.15) is 1.37 Å². The first kappa shape index (κ1) is 7.05. The average Bonchev–Trinajstić information content (AvgIpc) is 1.84. The highest BCUT2D eigenvalue weighted by atomic mass is 16.2. The number of nitrogens with zero attached hydrogens (tertiary/aromatic N) is 2. The first-order valence-electron chi connectivity index (χ1n) is 2.83. The van der Waals surface area contributed by atoms with E-state index in [4.69, 9.17) is 9.22 Å². The molecule has 0 N–H and O–H groups in total. The van der Waals surface area contributed by atoms with E-state index in [1.807, 2.05) is 0 Å². The lowest BCUT2D eigenvalue weighted by atomic mass is 10.1. The van der Waals surface area contributed by atoms with Crippen LogP contribution in [0, 0.1) is 0 Å². The molecule has 0 aromatic heterocycles. The fourth-order valence-corrected chi connectivity index (χ4v) is 0.174. The molecule has 0 fully saturated rings. The molecule has 0 aromatic carbocycles. The number of carbonyl (C=O) groups excluding carboxylic acids is 2. The first-order chi connectivity index (χ1) is 4.95. The van der Waals surface area contributed by atoms with E-state index in [-0.39, 0.29) is 0 Å².